The highest BCUT2D eigenvalue weighted by atomic mass is 16.4. The van der Waals surface area contributed by atoms with Gasteiger partial charge in [0.15, 0.2) is 11.7 Å². The molecule has 1 aromatic heterocycles. The van der Waals surface area contributed by atoms with Gasteiger partial charge < -0.3 is 15.1 Å². The van der Waals surface area contributed by atoms with Crippen molar-refractivity contribution < 1.29 is 9.21 Å². The van der Waals surface area contributed by atoms with E-state index in [2.05, 4.69) is 22.5 Å². The van der Waals surface area contributed by atoms with Crippen molar-refractivity contribution in [2.45, 2.75) is 32.6 Å². The van der Waals surface area contributed by atoms with Gasteiger partial charge in [-0.15, -0.1) is 0 Å². The highest BCUT2D eigenvalue weighted by Crippen LogP contribution is 2.26. The van der Waals surface area contributed by atoms with Gasteiger partial charge in [0.1, 0.15) is 0 Å². The molecule has 5 heteroatoms. The number of benzene rings is 1. The van der Waals surface area contributed by atoms with Crippen LogP contribution in [-0.2, 0) is 11.2 Å². The highest BCUT2D eigenvalue weighted by Gasteiger charge is 2.26. The first kappa shape index (κ1) is 16.7. The normalized spacial score (nSPS) is 16.7. The number of aryl methyl sites for hydroxylation is 1. The average molecular weight is 327 g/mol. The molecule has 3 rings (SSSR count). The molecular formula is C19H25N3O2. The van der Waals surface area contributed by atoms with Crippen LogP contribution in [-0.4, -0.2) is 30.5 Å². The Morgan fingerprint density at radius 2 is 2.04 bits per heavy atom. The summed E-state index contributed by atoms with van der Waals surface area (Å²) in [7, 11) is 0. The fourth-order valence-electron chi connectivity index (χ4n) is 2.99. The van der Waals surface area contributed by atoms with Crippen molar-refractivity contribution in [2.75, 3.05) is 19.6 Å². The molecule has 0 bridgehead atoms. The molecule has 1 aliphatic rings. The van der Waals surface area contributed by atoms with Crippen LogP contribution in [0.5, 0.6) is 0 Å². The van der Waals surface area contributed by atoms with Gasteiger partial charge in [-0.05, 0) is 31.3 Å². The molecule has 128 valence electrons. The quantitative estimate of drug-likeness (QED) is 0.856. The van der Waals surface area contributed by atoms with E-state index >= 15 is 0 Å². The number of amides is 1. The standard InChI is InChI=1S/C19H25N3O2/c1-19(9-11-20-12-10-19)14-22-17(23)7-8-18-21-13-16(24-18)15-5-3-2-4-6-15/h2-6,13,20H,7-12,14H2,1H3,(H,22,23). The highest BCUT2D eigenvalue weighted by molar-refractivity contribution is 5.76. The average Bonchev–Trinajstić information content (AvgIpc) is 3.09. The van der Waals surface area contributed by atoms with E-state index in [1.165, 1.54) is 0 Å². The summed E-state index contributed by atoms with van der Waals surface area (Å²) in [6.45, 7) is 5.05. The topological polar surface area (TPSA) is 67.2 Å². The van der Waals surface area contributed by atoms with E-state index in [0.29, 0.717) is 18.7 Å². The Morgan fingerprint density at radius 3 is 2.79 bits per heavy atom. The Hall–Kier alpha value is -2.14. The van der Waals surface area contributed by atoms with Crippen molar-refractivity contribution in [1.82, 2.24) is 15.6 Å². The van der Waals surface area contributed by atoms with Crippen molar-refractivity contribution in [3.8, 4) is 11.3 Å². The maximum absolute atomic E-state index is 12.1. The van der Waals surface area contributed by atoms with E-state index in [1.54, 1.807) is 6.20 Å². The van der Waals surface area contributed by atoms with Crippen molar-refractivity contribution >= 4 is 5.91 Å². The number of piperidine rings is 1. The first-order valence-corrected chi connectivity index (χ1v) is 8.62. The molecule has 2 heterocycles. The number of rotatable bonds is 6. The molecule has 0 spiro atoms. The zero-order valence-corrected chi connectivity index (χ0v) is 14.2. The third kappa shape index (κ3) is 4.45. The molecule has 1 saturated heterocycles. The molecule has 0 saturated carbocycles. The lowest BCUT2D eigenvalue weighted by Gasteiger charge is -2.34. The molecule has 0 atom stereocenters. The summed E-state index contributed by atoms with van der Waals surface area (Å²) in [5.74, 6) is 1.42. The molecule has 1 aromatic carbocycles. The number of nitrogens with one attached hydrogen (secondary N) is 2. The lowest BCUT2D eigenvalue weighted by Crippen LogP contribution is -2.42. The predicted octanol–water partition coefficient (Wildman–Crippen LogP) is 2.78. The maximum atomic E-state index is 12.1. The minimum absolute atomic E-state index is 0.0641. The van der Waals surface area contributed by atoms with Gasteiger partial charge in [-0.3, -0.25) is 4.79 Å². The lowest BCUT2D eigenvalue weighted by atomic mass is 9.81. The van der Waals surface area contributed by atoms with E-state index < -0.39 is 0 Å². The van der Waals surface area contributed by atoms with Gasteiger partial charge in [0.05, 0.1) is 6.20 Å². The molecule has 24 heavy (non-hydrogen) atoms. The number of oxazole rings is 1. The monoisotopic (exact) mass is 327 g/mol. The Morgan fingerprint density at radius 1 is 1.29 bits per heavy atom. The molecule has 1 fully saturated rings. The summed E-state index contributed by atoms with van der Waals surface area (Å²) in [4.78, 5) is 16.4. The van der Waals surface area contributed by atoms with Gasteiger partial charge in [0.25, 0.3) is 0 Å². The number of hydrogen-bond acceptors (Lipinski definition) is 4. The van der Waals surface area contributed by atoms with Crippen LogP contribution in [0, 0.1) is 5.41 Å². The minimum Gasteiger partial charge on any atom is -0.441 e. The van der Waals surface area contributed by atoms with E-state index in [9.17, 15) is 4.79 Å². The smallest absolute Gasteiger partial charge is 0.220 e. The Balaban J connectivity index is 1.46. The molecule has 1 amide bonds. The second-order valence-electron chi connectivity index (χ2n) is 6.82. The summed E-state index contributed by atoms with van der Waals surface area (Å²) < 4.78 is 5.74. The Labute approximate surface area is 142 Å². The fraction of sp³-hybridized carbons (Fsp3) is 0.474. The molecular weight excluding hydrogens is 302 g/mol. The number of hydrogen-bond donors (Lipinski definition) is 2. The third-order valence-corrected chi connectivity index (χ3v) is 4.70. The zero-order valence-electron chi connectivity index (χ0n) is 14.2. The Bertz CT molecular complexity index is 660. The first-order chi connectivity index (χ1) is 11.6. The van der Waals surface area contributed by atoms with Crippen LogP contribution in [0.3, 0.4) is 0 Å². The number of carbonyl (C=O) groups excluding carboxylic acids is 1. The summed E-state index contributed by atoms with van der Waals surface area (Å²) in [6, 6.07) is 9.86. The van der Waals surface area contributed by atoms with Gasteiger partial charge >= 0.3 is 0 Å². The van der Waals surface area contributed by atoms with Crippen molar-refractivity contribution in [1.29, 1.82) is 0 Å². The summed E-state index contributed by atoms with van der Waals surface area (Å²) >= 11 is 0. The number of aromatic nitrogens is 1. The van der Waals surface area contributed by atoms with Crippen LogP contribution in [0.1, 0.15) is 32.1 Å². The molecule has 0 unspecified atom stereocenters. The van der Waals surface area contributed by atoms with E-state index in [1.807, 2.05) is 30.3 Å². The molecule has 0 radical (unpaired) electrons. The van der Waals surface area contributed by atoms with Gasteiger partial charge in [-0.1, -0.05) is 37.3 Å². The number of nitrogens with zero attached hydrogens (tertiary/aromatic N) is 1. The zero-order chi connectivity index (χ0) is 16.8. The molecule has 2 aromatic rings. The van der Waals surface area contributed by atoms with Crippen molar-refractivity contribution in [3.05, 3.63) is 42.4 Å². The van der Waals surface area contributed by atoms with Crippen LogP contribution in [0.25, 0.3) is 11.3 Å². The van der Waals surface area contributed by atoms with Crippen molar-refractivity contribution in [3.63, 3.8) is 0 Å². The summed E-state index contributed by atoms with van der Waals surface area (Å²) in [5, 5.41) is 6.42. The molecule has 2 N–H and O–H groups in total. The van der Waals surface area contributed by atoms with E-state index in [-0.39, 0.29) is 11.3 Å². The Kier molecular flexibility index (Phi) is 5.30. The summed E-state index contributed by atoms with van der Waals surface area (Å²) in [6.07, 6.45) is 4.86. The molecule has 0 aliphatic carbocycles. The van der Waals surface area contributed by atoms with Crippen molar-refractivity contribution in [2.24, 2.45) is 5.41 Å². The van der Waals surface area contributed by atoms with E-state index in [4.69, 9.17) is 4.42 Å². The second-order valence-corrected chi connectivity index (χ2v) is 6.82. The van der Waals surface area contributed by atoms with Gasteiger partial charge in [-0.25, -0.2) is 4.98 Å². The van der Waals surface area contributed by atoms with Crippen LogP contribution in [0.2, 0.25) is 0 Å². The third-order valence-electron chi connectivity index (χ3n) is 4.70. The van der Waals surface area contributed by atoms with Gasteiger partial charge in [0, 0.05) is 24.9 Å². The second kappa shape index (κ2) is 7.62. The fourth-order valence-corrected chi connectivity index (χ4v) is 2.99. The van der Waals surface area contributed by atoms with Crippen LogP contribution >= 0.6 is 0 Å². The minimum atomic E-state index is 0.0641. The maximum Gasteiger partial charge on any atom is 0.220 e. The van der Waals surface area contributed by atoms with E-state index in [0.717, 1.165) is 43.8 Å². The van der Waals surface area contributed by atoms with Crippen LogP contribution in [0.15, 0.2) is 40.9 Å². The lowest BCUT2D eigenvalue weighted by molar-refractivity contribution is -0.121. The first-order valence-electron chi connectivity index (χ1n) is 8.62. The number of carbonyl (C=O) groups is 1. The SMILES string of the molecule is CC1(CNC(=O)CCc2ncc(-c3ccccc3)o2)CCNCC1. The molecule has 5 nitrogen and oxygen atoms in total. The molecule has 1 aliphatic heterocycles. The van der Waals surface area contributed by atoms with Gasteiger partial charge in [0.2, 0.25) is 5.91 Å². The largest absolute Gasteiger partial charge is 0.441 e. The van der Waals surface area contributed by atoms with Crippen LogP contribution < -0.4 is 10.6 Å². The predicted molar refractivity (Wildman–Crippen MR) is 93.5 cm³/mol. The summed E-state index contributed by atoms with van der Waals surface area (Å²) in [5.41, 5.74) is 1.21. The van der Waals surface area contributed by atoms with Gasteiger partial charge in [-0.2, -0.15) is 0 Å². The van der Waals surface area contributed by atoms with Crippen LogP contribution in [0.4, 0.5) is 0 Å².